The quantitative estimate of drug-likeness (QED) is 0.382. The predicted molar refractivity (Wildman–Crippen MR) is 166 cm³/mol. The fourth-order valence-electron chi connectivity index (χ4n) is 7.41. The van der Waals surface area contributed by atoms with E-state index in [1.807, 2.05) is 32.1 Å². The molecule has 42 heavy (non-hydrogen) atoms. The second-order valence-corrected chi connectivity index (χ2v) is 15.5. The number of halogens is 1. The topological polar surface area (TPSA) is 95.9 Å². The van der Waals surface area contributed by atoms with Gasteiger partial charge in [0.1, 0.15) is 5.75 Å². The minimum absolute atomic E-state index is 0.0962. The highest BCUT2D eigenvalue weighted by Crippen LogP contribution is 2.46. The molecule has 2 aliphatic heterocycles. The van der Waals surface area contributed by atoms with Gasteiger partial charge in [0.2, 0.25) is 10.0 Å². The average Bonchev–Trinajstić information content (AvgIpc) is 3.09. The Labute approximate surface area is 254 Å². The number of allylic oxidation sites excluding steroid dienone is 1. The van der Waals surface area contributed by atoms with Crippen molar-refractivity contribution >= 4 is 33.2 Å². The maximum atomic E-state index is 13.4. The third-order valence-electron chi connectivity index (χ3n) is 10.6. The molecule has 4 aliphatic rings. The number of benzene rings is 2. The van der Waals surface area contributed by atoms with Crippen LogP contribution in [0.4, 0.5) is 5.69 Å². The zero-order valence-corrected chi connectivity index (χ0v) is 26.1. The lowest BCUT2D eigenvalue weighted by atomic mass is 9.68. The molecule has 9 heteroatoms. The number of hydrogen-bond donors (Lipinski definition) is 2. The zero-order chi connectivity index (χ0) is 29.8. The lowest BCUT2D eigenvalue weighted by molar-refractivity contribution is 0.0454. The number of aliphatic hydroxyl groups excluding tert-OH is 1. The highest BCUT2D eigenvalue weighted by Gasteiger charge is 2.44. The summed E-state index contributed by atoms with van der Waals surface area (Å²) in [7, 11) is -3.94. The molecule has 226 valence electrons. The van der Waals surface area contributed by atoms with Crippen LogP contribution in [0.15, 0.2) is 48.6 Å². The first-order valence-corrected chi connectivity index (χ1v) is 17.1. The molecule has 2 N–H and O–H groups in total. The molecule has 0 aromatic heterocycles. The fraction of sp³-hybridized carbons (Fsp3) is 0.545. The molecule has 2 aromatic carbocycles. The van der Waals surface area contributed by atoms with Crippen molar-refractivity contribution in [3.63, 3.8) is 0 Å². The van der Waals surface area contributed by atoms with E-state index in [2.05, 4.69) is 21.8 Å². The molecule has 2 bridgehead atoms. The number of aryl methyl sites for hydroxylation is 1. The van der Waals surface area contributed by atoms with Gasteiger partial charge >= 0.3 is 0 Å². The van der Waals surface area contributed by atoms with Crippen molar-refractivity contribution in [3.8, 4) is 5.75 Å². The summed E-state index contributed by atoms with van der Waals surface area (Å²) in [5.41, 5.74) is 3.32. The van der Waals surface area contributed by atoms with Gasteiger partial charge in [-0.25, -0.2) is 13.1 Å². The first kappa shape index (κ1) is 29.5. The summed E-state index contributed by atoms with van der Waals surface area (Å²) in [6, 6.07) is 11.4. The van der Waals surface area contributed by atoms with Gasteiger partial charge in [0.05, 0.1) is 23.6 Å². The third kappa shape index (κ3) is 5.35. The van der Waals surface area contributed by atoms with Gasteiger partial charge in [0.15, 0.2) is 0 Å². The van der Waals surface area contributed by atoms with Gasteiger partial charge in [-0.1, -0.05) is 43.7 Å². The monoisotopic (exact) mass is 612 g/mol. The van der Waals surface area contributed by atoms with E-state index < -0.39 is 27.3 Å². The summed E-state index contributed by atoms with van der Waals surface area (Å²) in [6.07, 6.45) is 8.11. The van der Waals surface area contributed by atoms with Gasteiger partial charge in [-0.2, -0.15) is 0 Å². The number of hydrogen-bond acceptors (Lipinski definition) is 6. The molecule has 1 saturated carbocycles. The second-order valence-electron chi connectivity index (χ2n) is 13.1. The predicted octanol–water partition coefficient (Wildman–Crippen LogP) is 5.49. The van der Waals surface area contributed by atoms with Gasteiger partial charge < -0.3 is 14.7 Å². The van der Waals surface area contributed by atoms with Crippen molar-refractivity contribution in [1.82, 2.24) is 4.72 Å². The number of anilines is 1. The van der Waals surface area contributed by atoms with Crippen LogP contribution in [0.2, 0.25) is 5.02 Å². The number of nitrogens with zero attached hydrogens (tertiary/aromatic N) is 1. The normalized spacial score (nSPS) is 35.1. The maximum Gasteiger partial charge on any atom is 0.264 e. The number of amides is 1. The Kier molecular flexibility index (Phi) is 7.86. The molecule has 2 heterocycles. The Morgan fingerprint density at radius 1 is 1.10 bits per heavy atom. The second kappa shape index (κ2) is 11.2. The molecule has 1 amide bonds. The highest BCUT2D eigenvalue weighted by atomic mass is 35.5. The molecule has 0 saturated heterocycles. The van der Waals surface area contributed by atoms with Crippen molar-refractivity contribution in [2.24, 2.45) is 23.7 Å². The van der Waals surface area contributed by atoms with E-state index in [1.165, 1.54) is 11.1 Å². The molecule has 2 aliphatic carbocycles. The van der Waals surface area contributed by atoms with Crippen LogP contribution in [0, 0.1) is 23.7 Å². The summed E-state index contributed by atoms with van der Waals surface area (Å²) in [4.78, 5) is 15.7. The number of fused-ring (bicyclic) bond motifs is 4. The van der Waals surface area contributed by atoms with Crippen LogP contribution in [0.1, 0.15) is 67.9 Å². The molecule has 1 fully saturated rings. The SMILES string of the molecule is C[C@H]1[C@H](C)/C=C\[C@H](O)[C@@H]2CC[C@H]2CN2C[C@@]3(CCCc4cc(Cl)ccc43)COc3ccc(cc32)C(=O)NS(=O)(=O)[C@@H]1C. The van der Waals surface area contributed by atoms with E-state index in [4.69, 9.17) is 16.3 Å². The summed E-state index contributed by atoms with van der Waals surface area (Å²) in [6.45, 7) is 7.36. The minimum atomic E-state index is -3.94. The van der Waals surface area contributed by atoms with E-state index in [0.29, 0.717) is 25.4 Å². The number of aliphatic hydroxyl groups is 1. The van der Waals surface area contributed by atoms with Crippen LogP contribution in [0.25, 0.3) is 0 Å². The highest BCUT2D eigenvalue weighted by molar-refractivity contribution is 7.90. The Hall–Kier alpha value is -2.55. The van der Waals surface area contributed by atoms with E-state index in [1.54, 1.807) is 25.1 Å². The largest absolute Gasteiger partial charge is 0.490 e. The molecule has 0 radical (unpaired) electrons. The van der Waals surface area contributed by atoms with E-state index in [-0.39, 0.29) is 34.7 Å². The standard InChI is InChI=1S/C33H41ClN2O5S/c1-20-6-12-30(37)27-10-7-25(27)17-36-18-33(14-4-5-23-15-26(34)9-11-28(23)33)19-41-31-13-8-24(16-29(31)36)32(38)35-42(39,40)22(3)21(20)2/h6,8-9,11-13,15-16,20-22,25,27,30,37H,4-5,7,10,14,17-19H2,1-3H3,(H,35,38)/b12-6-/t20-,21+,22-,25+,27-,30+,33+/m1/s1. The fourth-order valence-corrected chi connectivity index (χ4v) is 8.98. The number of carbonyl (C=O) groups is 1. The van der Waals surface area contributed by atoms with E-state index in [9.17, 15) is 18.3 Å². The van der Waals surface area contributed by atoms with Gasteiger partial charge in [0, 0.05) is 29.1 Å². The van der Waals surface area contributed by atoms with Crippen LogP contribution in [0.3, 0.4) is 0 Å². The molecular weight excluding hydrogens is 572 g/mol. The van der Waals surface area contributed by atoms with Crippen LogP contribution in [-0.2, 0) is 21.9 Å². The van der Waals surface area contributed by atoms with Crippen LogP contribution in [-0.4, -0.2) is 50.5 Å². The Bertz CT molecular complexity index is 1510. The van der Waals surface area contributed by atoms with Gasteiger partial charge in [0.25, 0.3) is 5.91 Å². The summed E-state index contributed by atoms with van der Waals surface area (Å²) < 4.78 is 35.4. The maximum absolute atomic E-state index is 13.4. The van der Waals surface area contributed by atoms with Crippen LogP contribution >= 0.6 is 11.6 Å². The zero-order valence-electron chi connectivity index (χ0n) is 24.6. The molecule has 7 nitrogen and oxygen atoms in total. The smallest absolute Gasteiger partial charge is 0.264 e. The van der Waals surface area contributed by atoms with E-state index >= 15 is 0 Å². The molecule has 6 rings (SSSR count). The van der Waals surface area contributed by atoms with Crippen LogP contribution < -0.4 is 14.4 Å². The number of nitrogens with one attached hydrogen (secondary N) is 1. The number of carbonyl (C=O) groups excluding carboxylic acids is 1. The van der Waals surface area contributed by atoms with Crippen molar-refractivity contribution < 1.29 is 23.1 Å². The van der Waals surface area contributed by atoms with Crippen molar-refractivity contribution in [1.29, 1.82) is 0 Å². The molecule has 0 unspecified atom stereocenters. The van der Waals surface area contributed by atoms with Crippen molar-refractivity contribution in [3.05, 3.63) is 70.3 Å². The van der Waals surface area contributed by atoms with Crippen LogP contribution in [0.5, 0.6) is 5.75 Å². The molecule has 7 atom stereocenters. The number of ether oxygens (including phenoxy) is 1. The molecule has 2 aromatic rings. The number of sulfonamides is 1. The van der Waals surface area contributed by atoms with Gasteiger partial charge in [-0.15, -0.1) is 0 Å². The van der Waals surface area contributed by atoms with Crippen molar-refractivity contribution in [2.75, 3.05) is 24.6 Å². The summed E-state index contributed by atoms with van der Waals surface area (Å²) in [5, 5.41) is 11.1. The Balaban J connectivity index is 1.43. The minimum Gasteiger partial charge on any atom is -0.490 e. The lowest BCUT2D eigenvalue weighted by Gasteiger charge is -2.45. The Morgan fingerprint density at radius 2 is 1.90 bits per heavy atom. The van der Waals surface area contributed by atoms with E-state index in [0.717, 1.165) is 42.8 Å². The average molecular weight is 613 g/mol. The first-order valence-electron chi connectivity index (χ1n) is 15.2. The molecule has 1 spiro atoms. The third-order valence-corrected chi connectivity index (χ3v) is 12.7. The first-order chi connectivity index (χ1) is 20.0. The van der Waals surface area contributed by atoms with Gasteiger partial charge in [-0.05, 0) is 104 Å². The lowest BCUT2D eigenvalue weighted by Crippen LogP contribution is -2.49. The summed E-state index contributed by atoms with van der Waals surface area (Å²) in [5.74, 6) is 0.0790. The van der Waals surface area contributed by atoms with Gasteiger partial charge in [-0.3, -0.25) is 4.79 Å². The summed E-state index contributed by atoms with van der Waals surface area (Å²) >= 11 is 6.39. The molecular formula is C33H41ClN2O5S. The van der Waals surface area contributed by atoms with Crippen molar-refractivity contribution in [2.45, 2.75) is 69.6 Å². The Morgan fingerprint density at radius 3 is 2.67 bits per heavy atom. The number of rotatable bonds is 0.